The number of thiophene rings is 1. The van der Waals surface area contributed by atoms with Gasteiger partial charge in [-0.05, 0) is 12.8 Å². The first-order valence-corrected chi connectivity index (χ1v) is 5.76. The molecule has 1 fully saturated rings. The summed E-state index contributed by atoms with van der Waals surface area (Å²) in [7, 11) is 1.59. The minimum Gasteiger partial charge on any atom is -0.496 e. The van der Waals surface area contributed by atoms with Crippen molar-refractivity contribution in [2.45, 2.75) is 24.9 Å². The van der Waals surface area contributed by atoms with E-state index in [9.17, 15) is 4.79 Å². The summed E-state index contributed by atoms with van der Waals surface area (Å²) in [4.78, 5) is 12.4. The molecule has 82 valence electrons. The van der Waals surface area contributed by atoms with Gasteiger partial charge in [-0.2, -0.15) is 0 Å². The lowest BCUT2D eigenvalue weighted by Crippen LogP contribution is -2.50. The molecule has 1 aromatic heterocycles. The number of nitrogens with one attached hydrogen (secondary N) is 1. The molecule has 1 aliphatic rings. The normalized spacial score (nSPS) is 24.4. The van der Waals surface area contributed by atoms with Crippen LogP contribution in [0.25, 0.3) is 0 Å². The van der Waals surface area contributed by atoms with Gasteiger partial charge < -0.3 is 15.8 Å². The first-order chi connectivity index (χ1) is 7.19. The Labute approximate surface area is 92.4 Å². The highest BCUT2D eigenvalue weighted by Crippen LogP contribution is 2.23. The van der Waals surface area contributed by atoms with E-state index in [1.807, 2.05) is 5.38 Å². The van der Waals surface area contributed by atoms with Gasteiger partial charge >= 0.3 is 0 Å². The lowest BCUT2D eigenvalue weighted by atomic mass is 9.87. The number of methoxy groups -OCH3 is 1. The second-order valence-corrected chi connectivity index (χ2v) is 4.66. The van der Waals surface area contributed by atoms with Gasteiger partial charge in [0.25, 0.3) is 5.91 Å². The molecule has 4 nitrogen and oxygen atoms in total. The Balaban J connectivity index is 1.90. The Hall–Kier alpha value is -1.07. The monoisotopic (exact) mass is 226 g/mol. The molecule has 3 N–H and O–H groups in total. The number of hydrogen-bond donors (Lipinski definition) is 2. The van der Waals surface area contributed by atoms with Crippen molar-refractivity contribution in [1.82, 2.24) is 5.32 Å². The topological polar surface area (TPSA) is 64.3 Å². The average Bonchev–Trinajstić information content (AvgIpc) is 2.63. The van der Waals surface area contributed by atoms with E-state index in [0.717, 1.165) is 18.6 Å². The van der Waals surface area contributed by atoms with Gasteiger partial charge in [0, 0.05) is 23.5 Å². The molecule has 1 heterocycles. The van der Waals surface area contributed by atoms with Crippen LogP contribution in [0.3, 0.4) is 0 Å². The van der Waals surface area contributed by atoms with Crippen molar-refractivity contribution in [2.75, 3.05) is 7.11 Å². The van der Waals surface area contributed by atoms with Gasteiger partial charge in [-0.1, -0.05) is 0 Å². The van der Waals surface area contributed by atoms with Crippen molar-refractivity contribution >= 4 is 17.2 Å². The molecule has 1 amide bonds. The molecule has 0 aromatic carbocycles. The Kier molecular flexibility index (Phi) is 2.93. The van der Waals surface area contributed by atoms with Crippen molar-refractivity contribution < 1.29 is 9.53 Å². The lowest BCUT2D eigenvalue weighted by Gasteiger charge is -2.32. The van der Waals surface area contributed by atoms with Crippen LogP contribution in [0.5, 0.6) is 5.75 Å². The van der Waals surface area contributed by atoms with E-state index in [1.54, 1.807) is 13.2 Å². The summed E-state index contributed by atoms with van der Waals surface area (Å²) in [6.07, 6.45) is 1.77. The van der Waals surface area contributed by atoms with Crippen LogP contribution >= 0.6 is 11.3 Å². The zero-order valence-corrected chi connectivity index (χ0v) is 9.34. The van der Waals surface area contributed by atoms with Gasteiger partial charge in [-0.15, -0.1) is 11.3 Å². The number of amides is 1. The maximum absolute atomic E-state index is 11.7. The highest BCUT2D eigenvalue weighted by molar-refractivity contribution is 7.12. The fourth-order valence-corrected chi connectivity index (χ4v) is 2.34. The van der Waals surface area contributed by atoms with Gasteiger partial charge in [0.15, 0.2) is 0 Å². The third kappa shape index (κ3) is 2.30. The number of nitrogens with two attached hydrogens (primary N) is 1. The molecule has 1 aliphatic carbocycles. The predicted octanol–water partition coefficient (Wildman–Crippen LogP) is 0.976. The van der Waals surface area contributed by atoms with Crippen LogP contribution in [0.4, 0.5) is 0 Å². The molecule has 0 bridgehead atoms. The third-order valence-electron chi connectivity index (χ3n) is 2.54. The third-order valence-corrected chi connectivity index (χ3v) is 3.45. The molecule has 1 aromatic rings. The molecule has 0 unspecified atom stereocenters. The van der Waals surface area contributed by atoms with Gasteiger partial charge in [0.2, 0.25) is 0 Å². The Morgan fingerprint density at radius 1 is 1.67 bits per heavy atom. The smallest absolute Gasteiger partial charge is 0.261 e. The summed E-state index contributed by atoms with van der Waals surface area (Å²) in [6.45, 7) is 0. The minimum absolute atomic E-state index is 0.0276. The zero-order valence-electron chi connectivity index (χ0n) is 8.53. The van der Waals surface area contributed by atoms with Gasteiger partial charge in [-0.3, -0.25) is 4.79 Å². The highest BCUT2D eigenvalue weighted by atomic mass is 32.1. The maximum Gasteiger partial charge on any atom is 0.261 e. The lowest BCUT2D eigenvalue weighted by molar-refractivity contribution is 0.0914. The molecule has 0 saturated heterocycles. The number of ether oxygens (including phenoxy) is 1. The fraction of sp³-hybridized carbons (Fsp3) is 0.500. The Morgan fingerprint density at radius 2 is 2.40 bits per heavy atom. The van der Waals surface area contributed by atoms with E-state index < -0.39 is 0 Å². The number of hydrogen-bond acceptors (Lipinski definition) is 4. The van der Waals surface area contributed by atoms with Crippen LogP contribution in [0.2, 0.25) is 0 Å². The molecule has 2 rings (SSSR count). The van der Waals surface area contributed by atoms with Crippen LogP contribution in [-0.4, -0.2) is 25.1 Å². The van der Waals surface area contributed by atoms with Crippen LogP contribution in [0.1, 0.15) is 22.5 Å². The van der Waals surface area contributed by atoms with E-state index in [2.05, 4.69) is 5.32 Å². The minimum atomic E-state index is -0.0276. The summed E-state index contributed by atoms with van der Waals surface area (Å²) in [6, 6.07) is 2.26. The van der Waals surface area contributed by atoms with Gasteiger partial charge in [0.1, 0.15) is 5.75 Å². The van der Waals surface area contributed by atoms with Crippen molar-refractivity contribution in [3.8, 4) is 5.75 Å². The summed E-state index contributed by atoms with van der Waals surface area (Å²) < 4.78 is 5.02. The molecule has 0 spiro atoms. The fourth-order valence-electron chi connectivity index (χ4n) is 1.58. The zero-order chi connectivity index (χ0) is 10.8. The molecule has 5 heteroatoms. The molecule has 15 heavy (non-hydrogen) atoms. The van der Waals surface area contributed by atoms with E-state index in [4.69, 9.17) is 10.5 Å². The second-order valence-electron chi connectivity index (χ2n) is 3.75. The number of carbonyl (C=O) groups excluding carboxylic acids is 1. The predicted molar refractivity (Wildman–Crippen MR) is 59.3 cm³/mol. The van der Waals surface area contributed by atoms with E-state index in [1.165, 1.54) is 11.3 Å². The molecule has 0 aliphatic heterocycles. The number of carbonyl (C=O) groups is 1. The summed E-state index contributed by atoms with van der Waals surface area (Å²) >= 11 is 1.39. The van der Waals surface area contributed by atoms with Crippen molar-refractivity contribution in [2.24, 2.45) is 5.73 Å². The largest absolute Gasteiger partial charge is 0.496 e. The average molecular weight is 226 g/mol. The molecular formula is C10H14N2O2S. The van der Waals surface area contributed by atoms with Crippen LogP contribution in [0, 0.1) is 0 Å². The Morgan fingerprint density at radius 3 is 2.93 bits per heavy atom. The summed E-state index contributed by atoms with van der Waals surface area (Å²) in [5, 5.41) is 4.76. The Bertz CT molecular complexity index is 358. The second kappa shape index (κ2) is 4.20. The van der Waals surface area contributed by atoms with E-state index in [-0.39, 0.29) is 18.0 Å². The highest BCUT2D eigenvalue weighted by Gasteiger charge is 2.27. The molecule has 0 atom stereocenters. The van der Waals surface area contributed by atoms with Gasteiger partial charge in [0.05, 0.1) is 12.0 Å². The van der Waals surface area contributed by atoms with Crippen LogP contribution < -0.4 is 15.8 Å². The van der Waals surface area contributed by atoms with E-state index >= 15 is 0 Å². The van der Waals surface area contributed by atoms with Crippen molar-refractivity contribution in [3.63, 3.8) is 0 Å². The van der Waals surface area contributed by atoms with Crippen molar-refractivity contribution in [3.05, 3.63) is 16.3 Å². The van der Waals surface area contributed by atoms with Gasteiger partial charge in [-0.25, -0.2) is 0 Å². The first kappa shape index (κ1) is 10.4. The summed E-state index contributed by atoms with van der Waals surface area (Å²) in [5.41, 5.74) is 5.64. The molecular weight excluding hydrogens is 212 g/mol. The van der Waals surface area contributed by atoms with Crippen molar-refractivity contribution in [1.29, 1.82) is 0 Å². The number of rotatable bonds is 3. The van der Waals surface area contributed by atoms with E-state index in [0.29, 0.717) is 4.88 Å². The quantitative estimate of drug-likeness (QED) is 0.807. The van der Waals surface area contributed by atoms with Crippen LogP contribution in [0.15, 0.2) is 11.4 Å². The van der Waals surface area contributed by atoms with Crippen LogP contribution in [-0.2, 0) is 0 Å². The molecule has 1 saturated carbocycles. The summed E-state index contributed by atoms with van der Waals surface area (Å²) in [5.74, 6) is 0.704. The standard InChI is InChI=1S/C10H14N2O2S/c1-14-8-4-9(15-5-8)10(13)12-7-2-6(11)3-7/h4-7H,2-3,11H2,1H3,(H,12,13). The molecule has 0 radical (unpaired) electrons. The first-order valence-electron chi connectivity index (χ1n) is 4.88. The maximum atomic E-state index is 11.7. The SMILES string of the molecule is COc1csc(C(=O)NC2CC(N)C2)c1.